The van der Waals surface area contributed by atoms with Gasteiger partial charge in [-0.3, -0.25) is 0 Å². The molecule has 0 radical (unpaired) electrons. The molecule has 1 aliphatic rings. The van der Waals surface area contributed by atoms with Gasteiger partial charge in [0.05, 0.1) is 23.4 Å². The maximum atomic E-state index is 9.58. The van der Waals surface area contributed by atoms with Gasteiger partial charge in [0.2, 0.25) is 0 Å². The van der Waals surface area contributed by atoms with Crippen LogP contribution in [0.25, 0.3) is 11.3 Å². The minimum Gasteiger partial charge on any atom is -0.493 e. The van der Waals surface area contributed by atoms with E-state index in [1.807, 2.05) is 24.3 Å². The first-order chi connectivity index (χ1) is 12.7. The van der Waals surface area contributed by atoms with Crippen LogP contribution in [0.2, 0.25) is 0 Å². The van der Waals surface area contributed by atoms with Gasteiger partial charge in [0.25, 0.3) is 0 Å². The Morgan fingerprint density at radius 3 is 2.92 bits per heavy atom. The number of piperidine rings is 1. The normalized spacial score (nSPS) is 16.8. The molecule has 6 nitrogen and oxygen atoms in total. The molecule has 2 aromatic rings. The Morgan fingerprint density at radius 2 is 2.23 bits per heavy atom. The van der Waals surface area contributed by atoms with E-state index in [-0.39, 0.29) is 11.7 Å². The second kappa shape index (κ2) is 8.07. The molecular formula is C20H25N5O. The van der Waals surface area contributed by atoms with Gasteiger partial charge in [-0.05, 0) is 55.5 Å². The van der Waals surface area contributed by atoms with Crippen LogP contribution in [0.4, 0.5) is 11.5 Å². The molecule has 2 heterocycles. The van der Waals surface area contributed by atoms with E-state index >= 15 is 0 Å². The van der Waals surface area contributed by atoms with Crippen molar-refractivity contribution in [3.63, 3.8) is 0 Å². The highest BCUT2D eigenvalue weighted by Crippen LogP contribution is 2.38. The SMILES string of the molecule is CCCOc1cccc(N)c1-c1cc(C2CCCNC2)c(C#N)c(N)n1. The smallest absolute Gasteiger partial charge is 0.142 e. The van der Waals surface area contributed by atoms with Crippen LogP contribution in [0.3, 0.4) is 0 Å². The van der Waals surface area contributed by atoms with Crippen molar-refractivity contribution in [2.45, 2.75) is 32.1 Å². The predicted molar refractivity (Wildman–Crippen MR) is 104 cm³/mol. The van der Waals surface area contributed by atoms with Gasteiger partial charge in [0, 0.05) is 12.2 Å². The monoisotopic (exact) mass is 351 g/mol. The van der Waals surface area contributed by atoms with E-state index in [4.69, 9.17) is 16.2 Å². The zero-order chi connectivity index (χ0) is 18.5. The summed E-state index contributed by atoms with van der Waals surface area (Å²) in [5.74, 6) is 1.18. The molecule has 0 amide bonds. The van der Waals surface area contributed by atoms with Gasteiger partial charge in [0.15, 0.2) is 0 Å². The van der Waals surface area contributed by atoms with Crippen LogP contribution in [-0.2, 0) is 0 Å². The number of nitrogen functional groups attached to an aromatic ring is 2. The molecule has 0 bridgehead atoms. The minimum absolute atomic E-state index is 0.243. The summed E-state index contributed by atoms with van der Waals surface area (Å²) in [7, 11) is 0. The van der Waals surface area contributed by atoms with Gasteiger partial charge in [-0.2, -0.15) is 5.26 Å². The fourth-order valence-corrected chi connectivity index (χ4v) is 3.43. The molecule has 26 heavy (non-hydrogen) atoms. The molecule has 1 saturated heterocycles. The van der Waals surface area contributed by atoms with Crippen LogP contribution in [0.5, 0.6) is 5.75 Å². The van der Waals surface area contributed by atoms with Crippen molar-refractivity contribution in [2.75, 3.05) is 31.2 Å². The average molecular weight is 351 g/mol. The fraction of sp³-hybridized carbons (Fsp3) is 0.400. The van der Waals surface area contributed by atoms with E-state index in [1.54, 1.807) is 0 Å². The van der Waals surface area contributed by atoms with E-state index in [9.17, 15) is 5.26 Å². The Morgan fingerprint density at radius 1 is 1.38 bits per heavy atom. The van der Waals surface area contributed by atoms with Crippen molar-refractivity contribution in [2.24, 2.45) is 0 Å². The second-order valence-electron chi connectivity index (χ2n) is 6.58. The summed E-state index contributed by atoms with van der Waals surface area (Å²) in [6.07, 6.45) is 3.00. The summed E-state index contributed by atoms with van der Waals surface area (Å²) in [5.41, 5.74) is 15.8. The Bertz CT molecular complexity index is 822. The van der Waals surface area contributed by atoms with Crippen molar-refractivity contribution in [3.05, 3.63) is 35.4 Å². The third-order valence-electron chi connectivity index (χ3n) is 4.70. The lowest BCUT2D eigenvalue weighted by molar-refractivity contribution is 0.319. The first-order valence-electron chi connectivity index (χ1n) is 9.08. The van der Waals surface area contributed by atoms with Gasteiger partial charge in [-0.15, -0.1) is 0 Å². The molecule has 1 fully saturated rings. The highest BCUT2D eigenvalue weighted by molar-refractivity contribution is 5.81. The fourth-order valence-electron chi connectivity index (χ4n) is 3.43. The summed E-state index contributed by atoms with van der Waals surface area (Å²) >= 11 is 0. The van der Waals surface area contributed by atoms with Crippen LogP contribution in [0, 0.1) is 11.3 Å². The molecule has 3 rings (SSSR count). The number of nitrogens with one attached hydrogen (secondary N) is 1. The van der Waals surface area contributed by atoms with Crippen LogP contribution < -0.4 is 21.5 Å². The van der Waals surface area contributed by atoms with Crippen LogP contribution >= 0.6 is 0 Å². The van der Waals surface area contributed by atoms with E-state index in [2.05, 4.69) is 23.3 Å². The Hall–Kier alpha value is -2.78. The molecular weight excluding hydrogens is 326 g/mol. The van der Waals surface area contributed by atoms with Crippen LogP contribution in [0.15, 0.2) is 24.3 Å². The topological polar surface area (TPSA) is 110 Å². The lowest BCUT2D eigenvalue weighted by atomic mass is 9.88. The Kier molecular flexibility index (Phi) is 5.59. The first kappa shape index (κ1) is 18.0. The molecule has 1 aliphatic heterocycles. The van der Waals surface area contributed by atoms with Crippen molar-refractivity contribution in [1.29, 1.82) is 5.26 Å². The molecule has 5 N–H and O–H groups in total. The molecule has 1 aromatic carbocycles. The summed E-state index contributed by atoms with van der Waals surface area (Å²) in [6.45, 7) is 4.49. The maximum absolute atomic E-state index is 9.58. The number of aromatic nitrogens is 1. The largest absolute Gasteiger partial charge is 0.493 e. The van der Waals surface area contributed by atoms with E-state index in [0.717, 1.165) is 43.5 Å². The Labute approximate surface area is 154 Å². The number of ether oxygens (including phenoxy) is 1. The second-order valence-corrected chi connectivity index (χ2v) is 6.58. The number of pyridine rings is 1. The number of anilines is 2. The predicted octanol–water partition coefficient (Wildman–Crippen LogP) is 3.04. The van der Waals surface area contributed by atoms with Gasteiger partial charge < -0.3 is 21.5 Å². The van der Waals surface area contributed by atoms with Crippen LogP contribution in [-0.4, -0.2) is 24.7 Å². The molecule has 6 heteroatoms. The number of nitrogens with two attached hydrogens (primary N) is 2. The minimum atomic E-state index is 0.243. The van der Waals surface area contributed by atoms with Gasteiger partial charge in [0.1, 0.15) is 17.6 Å². The number of nitriles is 1. The van der Waals surface area contributed by atoms with Crippen molar-refractivity contribution < 1.29 is 4.74 Å². The van der Waals surface area contributed by atoms with E-state index < -0.39 is 0 Å². The van der Waals surface area contributed by atoms with Gasteiger partial charge in [-0.25, -0.2) is 4.98 Å². The molecule has 136 valence electrons. The van der Waals surface area contributed by atoms with Gasteiger partial charge in [-0.1, -0.05) is 13.0 Å². The Balaban J connectivity index is 2.12. The third kappa shape index (κ3) is 3.58. The van der Waals surface area contributed by atoms with E-state index in [1.165, 1.54) is 0 Å². The summed E-state index contributed by atoms with van der Waals surface area (Å²) in [4.78, 5) is 4.47. The lowest BCUT2D eigenvalue weighted by Crippen LogP contribution is -2.29. The van der Waals surface area contributed by atoms with Crippen molar-refractivity contribution in [1.82, 2.24) is 10.3 Å². The summed E-state index contributed by atoms with van der Waals surface area (Å²) in [5, 5.41) is 13.0. The van der Waals surface area contributed by atoms with Crippen molar-refractivity contribution >= 4 is 11.5 Å². The van der Waals surface area contributed by atoms with Crippen molar-refractivity contribution in [3.8, 4) is 23.1 Å². The first-order valence-corrected chi connectivity index (χ1v) is 9.08. The highest BCUT2D eigenvalue weighted by atomic mass is 16.5. The van der Waals surface area contributed by atoms with Crippen LogP contribution in [0.1, 0.15) is 43.2 Å². The molecule has 1 unspecified atom stereocenters. The average Bonchev–Trinajstić information content (AvgIpc) is 2.66. The maximum Gasteiger partial charge on any atom is 0.142 e. The summed E-state index contributed by atoms with van der Waals surface area (Å²) in [6, 6.07) is 9.76. The number of nitrogens with zero attached hydrogens (tertiary/aromatic N) is 2. The third-order valence-corrected chi connectivity index (χ3v) is 4.70. The number of rotatable bonds is 5. The molecule has 1 aromatic heterocycles. The standard InChI is InChI=1S/C20H25N5O/c1-2-9-26-18-7-3-6-16(22)19(18)17-10-14(13-5-4-8-24-12-13)15(11-21)20(23)25-17/h3,6-7,10,13,24H,2,4-5,8-9,12,22H2,1H3,(H2,23,25). The van der Waals surface area contributed by atoms with E-state index in [0.29, 0.717) is 29.3 Å². The zero-order valence-corrected chi connectivity index (χ0v) is 15.1. The lowest BCUT2D eigenvalue weighted by Gasteiger charge is -2.25. The molecule has 0 spiro atoms. The molecule has 0 aliphatic carbocycles. The van der Waals surface area contributed by atoms with Gasteiger partial charge >= 0.3 is 0 Å². The quantitative estimate of drug-likeness (QED) is 0.714. The number of hydrogen-bond donors (Lipinski definition) is 3. The molecule has 1 atom stereocenters. The number of benzene rings is 1. The molecule has 0 saturated carbocycles. The highest BCUT2D eigenvalue weighted by Gasteiger charge is 2.23. The summed E-state index contributed by atoms with van der Waals surface area (Å²) < 4.78 is 5.87. The number of hydrogen-bond acceptors (Lipinski definition) is 6. The zero-order valence-electron chi connectivity index (χ0n) is 15.1.